The summed E-state index contributed by atoms with van der Waals surface area (Å²) in [4.78, 5) is 0.145. The van der Waals surface area contributed by atoms with Crippen LogP contribution >= 0.6 is 12.2 Å². The fraction of sp³-hybridized carbons (Fsp3) is 0.417. The molecule has 0 aliphatic carbocycles. The Balaban J connectivity index is 2.19. The van der Waals surface area contributed by atoms with E-state index in [0.29, 0.717) is 30.9 Å². The highest BCUT2D eigenvalue weighted by Crippen LogP contribution is 2.25. The van der Waals surface area contributed by atoms with Crippen LogP contribution < -0.4 is 5.73 Å². The molecule has 0 bridgehead atoms. The lowest BCUT2D eigenvalue weighted by Gasteiger charge is -2.30. The number of rotatable bonds is 3. The number of thiocarbonyl (C=S) groups is 1. The number of nitrogens with zero attached hydrogens (tertiary/aromatic N) is 1. The van der Waals surface area contributed by atoms with Gasteiger partial charge in [-0.2, -0.15) is 4.31 Å². The van der Waals surface area contributed by atoms with Crippen LogP contribution in [0.2, 0.25) is 0 Å². The first-order valence-electron chi connectivity index (χ1n) is 5.97. The number of hydrogen-bond acceptors (Lipinski definition) is 3. The molecule has 0 unspecified atom stereocenters. The van der Waals surface area contributed by atoms with Crippen LogP contribution in [0.25, 0.3) is 0 Å². The van der Waals surface area contributed by atoms with E-state index < -0.39 is 15.8 Å². The maximum absolute atomic E-state index is 13.6. The van der Waals surface area contributed by atoms with Crippen molar-refractivity contribution in [3.63, 3.8) is 0 Å². The van der Waals surface area contributed by atoms with Crippen LogP contribution in [-0.4, -0.2) is 30.8 Å². The molecule has 4 nitrogen and oxygen atoms in total. The number of sulfonamides is 1. The first-order chi connectivity index (χ1) is 8.93. The maximum atomic E-state index is 13.6. The van der Waals surface area contributed by atoms with Gasteiger partial charge in [0, 0.05) is 19.0 Å². The second kappa shape index (κ2) is 5.52. The molecule has 1 aromatic carbocycles. The van der Waals surface area contributed by atoms with Crippen LogP contribution in [0.5, 0.6) is 0 Å². The van der Waals surface area contributed by atoms with Crippen LogP contribution in [0.4, 0.5) is 4.39 Å². The third-order valence-corrected chi connectivity index (χ3v) is 5.58. The van der Waals surface area contributed by atoms with Crippen molar-refractivity contribution < 1.29 is 12.8 Å². The summed E-state index contributed by atoms with van der Waals surface area (Å²) in [5.41, 5.74) is 5.56. The molecular weight excluding hydrogens is 287 g/mol. The lowest BCUT2D eigenvalue weighted by molar-refractivity contribution is 0.315. The van der Waals surface area contributed by atoms with Gasteiger partial charge < -0.3 is 5.73 Å². The standard InChI is InChI=1S/C12H15FN2O2S2/c13-10-3-1-2-4-11(10)19(16,17)15-7-5-9(6-8-15)12(14)18/h1-4,9H,5-8H2,(H2,14,18). The molecule has 1 fully saturated rings. The molecule has 0 saturated carbocycles. The summed E-state index contributed by atoms with van der Waals surface area (Å²) < 4.78 is 39.5. The van der Waals surface area contributed by atoms with E-state index in [1.54, 1.807) is 0 Å². The fourth-order valence-electron chi connectivity index (χ4n) is 2.17. The summed E-state index contributed by atoms with van der Waals surface area (Å²) in [5.74, 6) is -0.652. The molecule has 1 heterocycles. The van der Waals surface area contributed by atoms with Crippen LogP contribution in [0, 0.1) is 11.7 Å². The lowest BCUT2D eigenvalue weighted by atomic mass is 9.98. The van der Waals surface area contributed by atoms with E-state index in [9.17, 15) is 12.8 Å². The summed E-state index contributed by atoms with van der Waals surface area (Å²) >= 11 is 4.91. The van der Waals surface area contributed by atoms with E-state index in [1.807, 2.05) is 0 Å². The molecule has 19 heavy (non-hydrogen) atoms. The van der Waals surface area contributed by atoms with Crippen molar-refractivity contribution in [3.05, 3.63) is 30.1 Å². The van der Waals surface area contributed by atoms with Gasteiger partial charge in [-0.25, -0.2) is 12.8 Å². The zero-order valence-electron chi connectivity index (χ0n) is 10.3. The van der Waals surface area contributed by atoms with E-state index in [4.69, 9.17) is 18.0 Å². The van der Waals surface area contributed by atoms with E-state index in [-0.39, 0.29) is 10.8 Å². The fourth-order valence-corrected chi connectivity index (χ4v) is 3.94. The molecule has 7 heteroatoms. The Morgan fingerprint density at radius 2 is 1.89 bits per heavy atom. The van der Waals surface area contributed by atoms with E-state index >= 15 is 0 Å². The second-order valence-corrected chi connectivity index (χ2v) is 6.89. The Labute approximate surface area is 117 Å². The van der Waals surface area contributed by atoms with Gasteiger partial charge in [0.1, 0.15) is 10.7 Å². The van der Waals surface area contributed by atoms with Crippen molar-refractivity contribution in [2.75, 3.05) is 13.1 Å². The van der Waals surface area contributed by atoms with Crippen molar-refractivity contribution in [1.82, 2.24) is 4.31 Å². The molecule has 2 N–H and O–H groups in total. The lowest BCUT2D eigenvalue weighted by Crippen LogP contribution is -2.41. The van der Waals surface area contributed by atoms with Crippen molar-refractivity contribution in [2.45, 2.75) is 17.7 Å². The Morgan fingerprint density at radius 1 is 1.32 bits per heavy atom. The molecule has 0 radical (unpaired) electrons. The van der Waals surface area contributed by atoms with Gasteiger partial charge in [0.2, 0.25) is 10.0 Å². The third kappa shape index (κ3) is 2.93. The smallest absolute Gasteiger partial charge is 0.245 e. The molecule has 0 spiro atoms. The van der Waals surface area contributed by atoms with E-state index in [0.717, 1.165) is 6.07 Å². The number of halogens is 1. The molecule has 0 atom stereocenters. The molecule has 1 saturated heterocycles. The SMILES string of the molecule is NC(=S)C1CCN(S(=O)(=O)c2ccccc2F)CC1. The Bertz CT molecular complexity index is 581. The summed E-state index contributed by atoms with van der Waals surface area (Å²) in [6.07, 6.45) is 1.17. The van der Waals surface area contributed by atoms with Gasteiger partial charge in [0.25, 0.3) is 0 Å². The first kappa shape index (κ1) is 14.4. The minimum absolute atomic E-state index is 0.0714. The Kier molecular flexibility index (Phi) is 4.17. The number of piperidine rings is 1. The Morgan fingerprint density at radius 3 is 2.42 bits per heavy atom. The summed E-state index contributed by atoms with van der Waals surface area (Å²) in [5, 5.41) is 0. The molecule has 1 aromatic rings. The molecular formula is C12H15FN2O2S2. The van der Waals surface area contributed by atoms with Crippen molar-refractivity contribution in [2.24, 2.45) is 11.7 Å². The average molecular weight is 302 g/mol. The largest absolute Gasteiger partial charge is 0.393 e. The number of hydrogen-bond donors (Lipinski definition) is 1. The van der Waals surface area contributed by atoms with E-state index in [1.165, 1.54) is 22.5 Å². The average Bonchev–Trinajstić information content (AvgIpc) is 2.39. The van der Waals surface area contributed by atoms with Gasteiger partial charge >= 0.3 is 0 Å². The van der Waals surface area contributed by atoms with Gasteiger partial charge in [-0.3, -0.25) is 0 Å². The first-order valence-corrected chi connectivity index (χ1v) is 7.82. The quantitative estimate of drug-likeness (QED) is 0.860. The van der Waals surface area contributed by atoms with Gasteiger partial charge in [-0.05, 0) is 25.0 Å². The summed E-state index contributed by atoms with van der Waals surface area (Å²) in [6, 6.07) is 5.41. The normalized spacial score (nSPS) is 18.4. The van der Waals surface area contributed by atoms with Gasteiger partial charge in [0.05, 0.1) is 4.99 Å². The van der Waals surface area contributed by atoms with Crippen LogP contribution in [-0.2, 0) is 10.0 Å². The minimum atomic E-state index is -3.77. The monoisotopic (exact) mass is 302 g/mol. The third-order valence-electron chi connectivity index (χ3n) is 3.31. The molecule has 1 aliphatic rings. The zero-order chi connectivity index (χ0) is 14.0. The predicted molar refractivity (Wildman–Crippen MR) is 74.7 cm³/mol. The summed E-state index contributed by atoms with van der Waals surface area (Å²) in [6.45, 7) is 0.636. The highest BCUT2D eigenvalue weighted by Gasteiger charge is 2.31. The maximum Gasteiger partial charge on any atom is 0.245 e. The zero-order valence-corrected chi connectivity index (χ0v) is 11.9. The highest BCUT2D eigenvalue weighted by molar-refractivity contribution is 7.89. The van der Waals surface area contributed by atoms with Gasteiger partial charge in [0.15, 0.2) is 0 Å². The molecule has 104 valence electrons. The molecule has 1 aliphatic heterocycles. The van der Waals surface area contributed by atoms with Crippen molar-refractivity contribution >= 4 is 27.2 Å². The van der Waals surface area contributed by atoms with Crippen LogP contribution in [0.15, 0.2) is 29.2 Å². The number of nitrogens with two attached hydrogens (primary N) is 1. The topological polar surface area (TPSA) is 63.4 Å². The highest BCUT2D eigenvalue weighted by atomic mass is 32.2. The van der Waals surface area contributed by atoms with E-state index in [2.05, 4.69) is 0 Å². The number of benzene rings is 1. The summed E-state index contributed by atoms with van der Waals surface area (Å²) in [7, 11) is -3.77. The van der Waals surface area contributed by atoms with Gasteiger partial charge in [-0.15, -0.1) is 0 Å². The van der Waals surface area contributed by atoms with Crippen molar-refractivity contribution in [3.8, 4) is 0 Å². The second-order valence-electron chi connectivity index (χ2n) is 4.51. The van der Waals surface area contributed by atoms with Crippen LogP contribution in [0.1, 0.15) is 12.8 Å². The molecule has 2 rings (SSSR count). The van der Waals surface area contributed by atoms with Gasteiger partial charge in [-0.1, -0.05) is 24.4 Å². The molecule has 0 aromatic heterocycles. The van der Waals surface area contributed by atoms with Crippen molar-refractivity contribution in [1.29, 1.82) is 0 Å². The Hall–Kier alpha value is -1.05. The minimum Gasteiger partial charge on any atom is -0.393 e. The van der Waals surface area contributed by atoms with Crippen LogP contribution in [0.3, 0.4) is 0 Å². The molecule has 0 amide bonds. The predicted octanol–water partition coefficient (Wildman–Crippen LogP) is 1.51.